The van der Waals surface area contributed by atoms with Crippen molar-refractivity contribution in [3.05, 3.63) is 28.8 Å². The normalized spacial score (nSPS) is 9.86. The largest absolute Gasteiger partial charge is 0.490 e. The summed E-state index contributed by atoms with van der Waals surface area (Å²) >= 11 is 5.81. The maximum absolute atomic E-state index is 11.9. The molecule has 0 fully saturated rings. The minimum Gasteiger partial charge on any atom is -0.490 e. The van der Waals surface area contributed by atoms with Crippen LogP contribution in [0.25, 0.3) is 0 Å². The topological polar surface area (TPSA) is 59.1 Å². The number of halogens is 2. The molecule has 1 aromatic carbocycles. The van der Waals surface area contributed by atoms with Gasteiger partial charge < -0.3 is 10.5 Å². The SMILES string of the molecule is N=C(N)c1c(Cl)cccc1OCCF. The summed E-state index contributed by atoms with van der Waals surface area (Å²) in [5.74, 6) is 0.145. The third-order valence-corrected chi connectivity index (χ3v) is 1.89. The van der Waals surface area contributed by atoms with E-state index in [1.54, 1.807) is 18.2 Å². The van der Waals surface area contributed by atoms with Crippen molar-refractivity contribution >= 4 is 17.4 Å². The van der Waals surface area contributed by atoms with Gasteiger partial charge in [-0.25, -0.2) is 4.39 Å². The third kappa shape index (κ3) is 2.35. The molecule has 0 radical (unpaired) electrons. The lowest BCUT2D eigenvalue weighted by atomic mass is 10.2. The van der Waals surface area contributed by atoms with Crippen LogP contribution >= 0.6 is 11.6 Å². The lowest BCUT2D eigenvalue weighted by Crippen LogP contribution is -2.14. The summed E-state index contributed by atoms with van der Waals surface area (Å²) in [6.45, 7) is -0.662. The van der Waals surface area contributed by atoms with Crippen molar-refractivity contribution in [1.82, 2.24) is 0 Å². The average molecular weight is 217 g/mol. The highest BCUT2D eigenvalue weighted by Crippen LogP contribution is 2.25. The number of nitrogen functional groups attached to an aromatic ring is 1. The van der Waals surface area contributed by atoms with Crippen molar-refractivity contribution in [2.24, 2.45) is 5.73 Å². The highest BCUT2D eigenvalue weighted by molar-refractivity contribution is 6.34. The summed E-state index contributed by atoms with van der Waals surface area (Å²) < 4.78 is 16.9. The van der Waals surface area contributed by atoms with Gasteiger partial charge >= 0.3 is 0 Å². The predicted molar refractivity (Wildman–Crippen MR) is 53.9 cm³/mol. The highest BCUT2D eigenvalue weighted by Gasteiger charge is 2.10. The molecule has 0 saturated heterocycles. The fourth-order valence-corrected chi connectivity index (χ4v) is 1.30. The Morgan fingerprint density at radius 3 is 2.86 bits per heavy atom. The van der Waals surface area contributed by atoms with E-state index >= 15 is 0 Å². The molecule has 5 heteroatoms. The second-order valence-electron chi connectivity index (χ2n) is 2.56. The first-order chi connectivity index (χ1) is 6.66. The first-order valence-electron chi connectivity index (χ1n) is 3.98. The summed E-state index contributed by atoms with van der Waals surface area (Å²) in [5, 5.41) is 7.60. The number of nitrogens with two attached hydrogens (primary N) is 1. The molecule has 0 bridgehead atoms. The number of rotatable bonds is 4. The van der Waals surface area contributed by atoms with Gasteiger partial charge in [-0.2, -0.15) is 0 Å². The molecule has 0 aromatic heterocycles. The molecule has 0 unspecified atom stereocenters. The fraction of sp³-hybridized carbons (Fsp3) is 0.222. The Bertz CT molecular complexity index is 344. The van der Waals surface area contributed by atoms with E-state index < -0.39 is 6.67 Å². The number of benzene rings is 1. The van der Waals surface area contributed by atoms with E-state index in [0.717, 1.165) is 0 Å². The van der Waals surface area contributed by atoms with Crippen LogP contribution in [0.4, 0.5) is 4.39 Å². The minimum atomic E-state index is -0.593. The van der Waals surface area contributed by atoms with Crippen LogP contribution in [-0.2, 0) is 0 Å². The van der Waals surface area contributed by atoms with Crippen molar-refractivity contribution in [3.63, 3.8) is 0 Å². The monoisotopic (exact) mass is 216 g/mol. The number of hydrogen-bond acceptors (Lipinski definition) is 2. The molecule has 3 N–H and O–H groups in total. The number of nitrogens with one attached hydrogen (secondary N) is 1. The first-order valence-corrected chi connectivity index (χ1v) is 4.36. The van der Waals surface area contributed by atoms with Gasteiger partial charge in [-0.3, -0.25) is 5.41 Å². The van der Waals surface area contributed by atoms with E-state index in [0.29, 0.717) is 16.3 Å². The molecule has 0 aliphatic heterocycles. The van der Waals surface area contributed by atoms with Crippen molar-refractivity contribution in [3.8, 4) is 5.75 Å². The second-order valence-corrected chi connectivity index (χ2v) is 2.97. The van der Waals surface area contributed by atoms with Gasteiger partial charge in [-0.05, 0) is 12.1 Å². The zero-order chi connectivity index (χ0) is 10.6. The van der Waals surface area contributed by atoms with Crippen LogP contribution in [-0.4, -0.2) is 19.1 Å². The molecule has 1 aromatic rings. The molecule has 0 heterocycles. The van der Waals surface area contributed by atoms with E-state index in [1.807, 2.05) is 0 Å². The Labute approximate surface area is 86.1 Å². The molecule has 0 saturated carbocycles. The van der Waals surface area contributed by atoms with Crippen molar-refractivity contribution < 1.29 is 9.13 Å². The van der Waals surface area contributed by atoms with Gasteiger partial charge in [0.25, 0.3) is 0 Å². The Hall–Kier alpha value is -1.29. The lowest BCUT2D eigenvalue weighted by Gasteiger charge is -2.10. The Morgan fingerprint density at radius 2 is 2.29 bits per heavy atom. The van der Waals surface area contributed by atoms with Gasteiger partial charge in [-0.15, -0.1) is 0 Å². The van der Waals surface area contributed by atoms with E-state index in [9.17, 15) is 4.39 Å². The van der Waals surface area contributed by atoms with Crippen LogP contribution in [0.3, 0.4) is 0 Å². The predicted octanol–water partition coefficient (Wildman–Crippen LogP) is 1.97. The van der Waals surface area contributed by atoms with Gasteiger partial charge in [-0.1, -0.05) is 17.7 Å². The lowest BCUT2D eigenvalue weighted by molar-refractivity contribution is 0.273. The first kappa shape index (κ1) is 10.8. The molecule has 0 atom stereocenters. The van der Waals surface area contributed by atoms with Crippen LogP contribution < -0.4 is 10.5 Å². The van der Waals surface area contributed by atoms with Gasteiger partial charge in [0, 0.05) is 0 Å². The molecule has 0 aliphatic rings. The zero-order valence-corrected chi connectivity index (χ0v) is 8.14. The number of ether oxygens (including phenoxy) is 1. The summed E-state index contributed by atoms with van der Waals surface area (Å²) in [6, 6.07) is 4.85. The summed E-state index contributed by atoms with van der Waals surface area (Å²) in [6.07, 6.45) is 0. The van der Waals surface area contributed by atoms with Gasteiger partial charge in [0.15, 0.2) is 0 Å². The fourth-order valence-electron chi connectivity index (χ4n) is 1.03. The van der Waals surface area contributed by atoms with Crippen molar-refractivity contribution in [1.29, 1.82) is 5.41 Å². The van der Waals surface area contributed by atoms with Crippen LogP contribution in [0.5, 0.6) is 5.75 Å². The van der Waals surface area contributed by atoms with E-state index in [4.69, 9.17) is 27.5 Å². The molecular formula is C9H10ClFN2O. The molecular weight excluding hydrogens is 207 g/mol. The van der Waals surface area contributed by atoms with Crippen LogP contribution in [0.15, 0.2) is 18.2 Å². The number of amidine groups is 1. The number of alkyl halides is 1. The van der Waals surface area contributed by atoms with E-state index in [-0.39, 0.29) is 12.4 Å². The van der Waals surface area contributed by atoms with Gasteiger partial charge in [0.05, 0.1) is 10.6 Å². The average Bonchev–Trinajstić information content (AvgIpc) is 2.14. The zero-order valence-electron chi connectivity index (χ0n) is 7.39. The van der Waals surface area contributed by atoms with Gasteiger partial charge in [0.2, 0.25) is 0 Å². The smallest absolute Gasteiger partial charge is 0.131 e. The quantitative estimate of drug-likeness (QED) is 0.597. The summed E-state index contributed by atoms with van der Waals surface area (Å²) in [7, 11) is 0. The summed E-state index contributed by atoms with van der Waals surface area (Å²) in [5.41, 5.74) is 5.62. The van der Waals surface area contributed by atoms with Crippen LogP contribution in [0.1, 0.15) is 5.56 Å². The molecule has 3 nitrogen and oxygen atoms in total. The van der Waals surface area contributed by atoms with Crippen LogP contribution in [0, 0.1) is 5.41 Å². The van der Waals surface area contributed by atoms with Crippen molar-refractivity contribution in [2.45, 2.75) is 0 Å². The Morgan fingerprint density at radius 1 is 1.57 bits per heavy atom. The van der Waals surface area contributed by atoms with E-state index in [2.05, 4.69) is 0 Å². The van der Waals surface area contributed by atoms with Crippen molar-refractivity contribution in [2.75, 3.05) is 13.3 Å². The number of hydrogen-bond donors (Lipinski definition) is 2. The third-order valence-electron chi connectivity index (χ3n) is 1.58. The maximum Gasteiger partial charge on any atom is 0.131 e. The molecule has 0 spiro atoms. The van der Waals surface area contributed by atoms with E-state index in [1.165, 1.54) is 0 Å². The van der Waals surface area contributed by atoms with Crippen LogP contribution in [0.2, 0.25) is 5.02 Å². The Kier molecular flexibility index (Phi) is 3.71. The molecule has 0 aliphatic carbocycles. The second kappa shape index (κ2) is 4.81. The maximum atomic E-state index is 11.9. The molecule has 1 rings (SSSR count). The summed E-state index contributed by atoms with van der Waals surface area (Å²) in [4.78, 5) is 0. The molecule has 14 heavy (non-hydrogen) atoms. The Balaban J connectivity index is 3.02. The minimum absolute atomic E-state index is 0.0688. The molecule has 76 valence electrons. The standard InChI is InChI=1S/C9H10ClFN2O/c10-6-2-1-3-7(14-5-4-11)8(6)9(12)13/h1-3H,4-5H2,(H3,12,13). The highest BCUT2D eigenvalue weighted by atomic mass is 35.5. The van der Waals surface area contributed by atoms with Gasteiger partial charge in [0.1, 0.15) is 24.9 Å². The molecule has 0 amide bonds.